The van der Waals surface area contributed by atoms with E-state index < -0.39 is 40.8 Å². The lowest BCUT2D eigenvalue weighted by Gasteiger charge is -2.61. The molecule has 0 unspecified atom stereocenters. The lowest BCUT2D eigenvalue weighted by atomic mass is 9.43. The summed E-state index contributed by atoms with van der Waals surface area (Å²) in [5, 5.41) is 0. The van der Waals surface area contributed by atoms with Gasteiger partial charge in [-0.3, -0.25) is 14.4 Å². The molecular formula is C26H36O8. The molecule has 2 aliphatic carbocycles. The van der Waals surface area contributed by atoms with Gasteiger partial charge in [0, 0.05) is 18.1 Å². The number of carbonyl (C=O) groups excluding carboxylic acids is 3. The zero-order valence-electron chi connectivity index (χ0n) is 20.5. The van der Waals surface area contributed by atoms with Crippen LogP contribution < -0.4 is 0 Å². The third kappa shape index (κ3) is 4.19. The first-order valence-corrected chi connectivity index (χ1v) is 12.3. The molecule has 8 heteroatoms. The van der Waals surface area contributed by atoms with E-state index in [-0.39, 0.29) is 30.9 Å². The summed E-state index contributed by atoms with van der Waals surface area (Å²) in [6.45, 7) is 6.62. The van der Waals surface area contributed by atoms with Crippen molar-refractivity contribution in [1.29, 1.82) is 0 Å². The van der Waals surface area contributed by atoms with Gasteiger partial charge < -0.3 is 23.4 Å². The van der Waals surface area contributed by atoms with E-state index in [9.17, 15) is 14.4 Å². The molecule has 188 valence electrons. The number of esters is 2. The third-order valence-corrected chi connectivity index (χ3v) is 8.50. The van der Waals surface area contributed by atoms with Gasteiger partial charge in [-0.2, -0.15) is 0 Å². The van der Waals surface area contributed by atoms with Crippen molar-refractivity contribution in [3.63, 3.8) is 0 Å². The molecule has 8 nitrogen and oxygen atoms in total. The largest absolute Gasteiger partial charge is 0.472 e. The highest BCUT2D eigenvalue weighted by Crippen LogP contribution is 2.65. The zero-order chi connectivity index (χ0) is 24.5. The Bertz CT molecular complexity index is 895. The Labute approximate surface area is 200 Å². The maximum Gasteiger partial charge on any atom is 0.310 e. The Balaban J connectivity index is 1.67. The molecule has 0 amide bonds. The quantitative estimate of drug-likeness (QED) is 0.312. The van der Waals surface area contributed by atoms with E-state index in [1.807, 2.05) is 13.8 Å². The minimum Gasteiger partial charge on any atom is -0.472 e. The minimum atomic E-state index is -0.787. The van der Waals surface area contributed by atoms with Crippen molar-refractivity contribution >= 4 is 17.7 Å². The molecule has 2 saturated carbocycles. The van der Waals surface area contributed by atoms with Crippen LogP contribution in [0.15, 0.2) is 23.0 Å². The molecule has 2 heterocycles. The lowest BCUT2D eigenvalue weighted by Crippen LogP contribution is -2.64. The molecule has 3 aliphatic rings. The number of fused-ring (bicyclic) bond motifs is 3. The second-order valence-electron chi connectivity index (χ2n) is 10.5. The number of ether oxygens (including phenoxy) is 4. The topological polar surface area (TPSA) is 101 Å². The molecule has 0 aromatic carbocycles. The summed E-state index contributed by atoms with van der Waals surface area (Å²) < 4.78 is 27.6. The van der Waals surface area contributed by atoms with Gasteiger partial charge in [0.15, 0.2) is 5.78 Å². The number of carbonyl (C=O) groups is 3. The van der Waals surface area contributed by atoms with Crippen LogP contribution in [0.3, 0.4) is 0 Å². The van der Waals surface area contributed by atoms with Gasteiger partial charge in [-0.1, -0.05) is 27.2 Å². The smallest absolute Gasteiger partial charge is 0.310 e. The van der Waals surface area contributed by atoms with Gasteiger partial charge in [0.05, 0.1) is 31.5 Å². The van der Waals surface area contributed by atoms with Gasteiger partial charge in [-0.25, -0.2) is 0 Å². The first kappa shape index (κ1) is 24.9. The molecular weight excluding hydrogens is 440 g/mol. The van der Waals surface area contributed by atoms with Crippen molar-refractivity contribution in [3.8, 4) is 0 Å². The average Bonchev–Trinajstić information content (AvgIpc) is 3.34. The molecule has 0 N–H and O–H groups in total. The van der Waals surface area contributed by atoms with Gasteiger partial charge in [0.2, 0.25) is 0 Å². The Morgan fingerprint density at radius 3 is 2.71 bits per heavy atom. The van der Waals surface area contributed by atoms with Crippen molar-refractivity contribution in [2.45, 2.75) is 71.5 Å². The predicted octanol–water partition coefficient (Wildman–Crippen LogP) is 4.23. The van der Waals surface area contributed by atoms with E-state index in [0.717, 1.165) is 18.4 Å². The van der Waals surface area contributed by atoms with E-state index >= 15 is 0 Å². The fourth-order valence-electron chi connectivity index (χ4n) is 6.74. The number of hydrogen-bond acceptors (Lipinski definition) is 8. The van der Waals surface area contributed by atoms with Crippen LogP contribution in [0.25, 0.3) is 0 Å². The summed E-state index contributed by atoms with van der Waals surface area (Å²) in [5.41, 5.74) is -0.569. The van der Waals surface area contributed by atoms with Gasteiger partial charge in [0.25, 0.3) is 0 Å². The fraction of sp³-hybridized carbons (Fsp3) is 0.731. The normalized spacial score (nSPS) is 37.5. The average molecular weight is 477 g/mol. The SMILES string of the molecule is CCCCOCO[C@H]1C[C@@H](C(=O)OC)[C@]2(C)CC[C@H]3C(=O)O[C@@H](c4ccoc4)C[C@]3(C)[C@H]2C1=O. The van der Waals surface area contributed by atoms with E-state index in [1.54, 1.807) is 18.6 Å². The second-order valence-corrected chi connectivity index (χ2v) is 10.5. The molecule has 1 aliphatic heterocycles. The van der Waals surface area contributed by atoms with Crippen LogP contribution >= 0.6 is 0 Å². The van der Waals surface area contributed by atoms with Crippen LogP contribution in [0.1, 0.15) is 71.0 Å². The van der Waals surface area contributed by atoms with Crippen LogP contribution in [0.2, 0.25) is 0 Å². The predicted molar refractivity (Wildman–Crippen MR) is 120 cm³/mol. The van der Waals surface area contributed by atoms with Gasteiger partial charge >= 0.3 is 11.9 Å². The van der Waals surface area contributed by atoms with E-state index in [4.69, 9.17) is 23.4 Å². The van der Waals surface area contributed by atoms with E-state index in [0.29, 0.717) is 25.9 Å². The van der Waals surface area contributed by atoms with Crippen LogP contribution in [0.5, 0.6) is 0 Å². The number of rotatable bonds is 8. The highest BCUT2D eigenvalue weighted by Gasteiger charge is 2.67. The van der Waals surface area contributed by atoms with Crippen molar-refractivity contribution in [1.82, 2.24) is 0 Å². The Hall–Kier alpha value is -2.19. The number of Topliss-reactive ketones (excluding diaryl/α,β-unsaturated/α-hetero) is 1. The molecule has 1 aromatic rings. The number of hydrogen-bond donors (Lipinski definition) is 0. The molecule has 1 aromatic heterocycles. The maximum atomic E-state index is 14.0. The first-order chi connectivity index (χ1) is 16.3. The van der Waals surface area contributed by atoms with E-state index in [1.165, 1.54) is 7.11 Å². The van der Waals surface area contributed by atoms with Crippen LogP contribution in [0.4, 0.5) is 0 Å². The maximum absolute atomic E-state index is 14.0. The molecule has 0 radical (unpaired) electrons. The summed E-state index contributed by atoms with van der Waals surface area (Å²) in [5.74, 6) is -2.18. The first-order valence-electron chi connectivity index (χ1n) is 12.3. The van der Waals surface area contributed by atoms with Crippen molar-refractivity contribution in [2.75, 3.05) is 20.5 Å². The van der Waals surface area contributed by atoms with Crippen molar-refractivity contribution in [3.05, 3.63) is 24.2 Å². The number of cyclic esters (lactones) is 1. The third-order valence-electron chi connectivity index (χ3n) is 8.50. The molecule has 4 rings (SSSR count). The second kappa shape index (κ2) is 9.82. The summed E-state index contributed by atoms with van der Waals surface area (Å²) in [4.78, 5) is 40.1. The fourth-order valence-corrected chi connectivity index (χ4v) is 6.74. The number of unbranched alkanes of at least 4 members (excludes halogenated alkanes) is 1. The molecule has 7 atom stereocenters. The summed E-state index contributed by atoms with van der Waals surface area (Å²) >= 11 is 0. The van der Waals surface area contributed by atoms with Crippen molar-refractivity contribution < 1.29 is 37.7 Å². The van der Waals surface area contributed by atoms with Crippen LogP contribution in [0, 0.1) is 28.6 Å². The van der Waals surface area contributed by atoms with Crippen molar-refractivity contribution in [2.24, 2.45) is 28.6 Å². The van der Waals surface area contributed by atoms with E-state index in [2.05, 4.69) is 6.92 Å². The zero-order valence-corrected chi connectivity index (χ0v) is 20.5. The lowest BCUT2D eigenvalue weighted by molar-refractivity contribution is -0.213. The van der Waals surface area contributed by atoms with Crippen LogP contribution in [-0.4, -0.2) is 44.3 Å². The van der Waals surface area contributed by atoms with Crippen LogP contribution in [-0.2, 0) is 33.3 Å². The molecule has 0 spiro atoms. The summed E-state index contributed by atoms with van der Waals surface area (Å²) in [6, 6.07) is 1.78. The highest BCUT2D eigenvalue weighted by atomic mass is 16.7. The van der Waals surface area contributed by atoms with Gasteiger partial charge in [0.1, 0.15) is 19.0 Å². The molecule has 34 heavy (non-hydrogen) atoms. The molecule has 1 saturated heterocycles. The molecule has 0 bridgehead atoms. The standard InChI is InChI=1S/C26H36O8/c1-5-6-10-32-15-33-19-12-18(23(28)30-4)25(2)9-7-17-24(29)34-20(16-8-11-31-14-16)13-26(17,3)22(25)21(19)27/h8,11,14,17-20,22H,5-7,9-10,12-13,15H2,1-4H3/t17-,18-,19-,20+,22-,25-,26-/m0/s1. The highest BCUT2D eigenvalue weighted by molar-refractivity contribution is 5.92. The summed E-state index contributed by atoms with van der Waals surface area (Å²) in [7, 11) is 1.38. The Kier molecular flexibility index (Phi) is 7.20. The minimum absolute atomic E-state index is 0.00639. The Morgan fingerprint density at radius 1 is 1.24 bits per heavy atom. The monoisotopic (exact) mass is 476 g/mol. The summed E-state index contributed by atoms with van der Waals surface area (Å²) in [6.07, 6.45) is 5.59. The Morgan fingerprint density at radius 2 is 2.03 bits per heavy atom. The molecule has 3 fully saturated rings. The van der Waals surface area contributed by atoms with Gasteiger partial charge in [-0.05, 0) is 49.0 Å². The van der Waals surface area contributed by atoms with Gasteiger partial charge in [-0.15, -0.1) is 0 Å². The number of methoxy groups -OCH3 is 1. The number of furan rings is 1. The number of ketones is 1.